The van der Waals surface area contributed by atoms with Crippen LogP contribution in [0.15, 0.2) is 40.9 Å². The normalized spacial score (nSPS) is 24.2. The number of thiazole rings is 1. The summed E-state index contributed by atoms with van der Waals surface area (Å²) < 4.78 is 27.8. The van der Waals surface area contributed by atoms with E-state index in [1.54, 1.807) is 0 Å². The van der Waals surface area contributed by atoms with Gasteiger partial charge in [-0.2, -0.15) is 0 Å². The van der Waals surface area contributed by atoms with Crippen LogP contribution in [0.3, 0.4) is 0 Å². The lowest BCUT2D eigenvalue weighted by Gasteiger charge is -2.38. The molecule has 4 fully saturated rings. The summed E-state index contributed by atoms with van der Waals surface area (Å²) in [5.41, 5.74) is 4.82. The largest absolute Gasteiger partial charge is 0.478 e. The van der Waals surface area contributed by atoms with E-state index in [-0.39, 0.29) is 29.3 Å². The summed E-state index contributed by atoms with van der Waals surface area (Å²) in [5.74, 6) is 0.357. The van der Waals surface area contributed by atoms with Gasteiger partial charge in [-0.3, -0.25) is 0 Å². The van der Waals surface area contributed by atoms with Gasteiger partial charge in [-0.1, -0.05) is 40.8 Å². The second kappa shape index (κ2) is 9.38. The average molecular weight is 560 g/mol. The molecular formula is C31H30FN3O4S. The van der Waals surface area contributed by atoms with Crippen LogP contribution in [-0.4, -0.2) is 39.4 Å². The summed E-state index contributed by atoms with van der Waals surface area (Å²) in [6.45, 7) is 0.498. The molecule has 2 aliphatic carbocycles. The number of hydrogen-bond acceptors (Lipinski definition) is 7. The van der Waals surface area contributed by atoms with Crippen LogP contribution in [0, 0.1) is 5.82 Å². The van der Waals surface area contributed by atoms with Gasteiger partial charge in [-0.15, -0.1) is 0 Å². The maximum atomic E-state index is 14.6. The molecule has 2 aromatic carbocycles. The SMILES string of the molecule is O=C(O)c1cc(F)c2nc(N3C4CCC3CC(OCc3c(-c5ccccc5C5CC5)noc3C3CC3)C4)sc2c1. The third kappa shape index (κ3) is 4.21. The first-order chi connectivity index (χ1) is 19.5. The van der Waals surface area contributed by atoms with Crippen LogP contribution >= 0.6 is 11.3 Å². The van der Waals surface area contributed by atoms with E-state index in [1.165, 1.54) is 41.4 Å². The zero-order valence-corrected chi connectivity index (χ0v) is 22.8. The number of carbonyl (C=O) groups is 1. The fraction of sp³-hybridized carbons (Fsp3) is 0.452. The molecule has 2 saturated heterocycles. The number of benzene rings is 2. The molecule has 4 aromatic rings. The number of fused-ring (bicyclic) bond motifs is 3. The van der Waals surface area contributed by atoms with Crippen LogP contribution in [0.5, 0.6) is 0 Å². The van der Waals surface area contributed by atoms with Gasteiger partial charge in [0.1, 0.15) is 17.0 Å². The van der Waals surface area contributed by atoms with E-state index in [9.17, 15) is 14.3 Å². The predicted molar refractivity (Wildman–Crippen MR) is 150 cm³/mol. The van der Waals surface area contributed by atoms with E-state index in [0.29, 0.717) is 23.1 Å². The molecule has 2 aromatic heterocycles. The second-order valence-corrected chi connectivity index (χ2v) is 12.8. The first-order valence-corrected chi connectivity index (χ1v) is 15.2. The van der Waals surface area contributed by atoms with Crippen LogP contribution < -0.4 is 4.90 Å². The van der Waals surface area contributed by atoms with E-state index >= 15 is 0 Å². The molecule has 2 aliphatic heterocycles. The summed E-state index contributed by atoms with van der Waals surface area (Å²) in [4.78, 5) is 18.3. The molecule has 1 N–H and O–H groups in total. The minimum atomic E-state index is -1.13. The van der Waals surface area contributed by atoms with Crippen LogP contribution in [-0.2, 0) is 11.3 Å². The molecule has 2 unspecified atom stereocenters. The highest BCUT2D eigenvalue weighted by Gasteiger charge is 2.43. The fourth-order valence-corrected chi connectivity index (χ4v) is 7.95. The Morgan fingerprint density at radius 3 is 2.55 bits per heavy atom. The van der Waals surface area contributed by atoms with Crippen LogP contribution in [0.2, 0.25) is 0 Å². The quantitative estimate of drug-likeness (QED) is 0.243. The Balaban J connectivity index is 1.02. The van der Waals surface area contributed by atoms with Crippen molar-refractivity contribution in [2.75, 3.05) is 4.90 Å². The molecule has 7 nitrogen and oxygen atoms in total. The molecule has 8 rings (SSSR count). The third-order valence-electron chi connectivity index (χ3n) is 9.06. The van der Waals surface area contributed by atoms with E-state index < -0.39 is 11.8 Å². The smallest absolute Gasteiger partial charge is 0.335 e. The summed E-state index contributed by atoms with van der Waals surface area (Å²) >= 11 is 1.38. The molecular weight excluding hydrogens is 529 g/mol. The molecule has 0 radical (unpaired) electrons. The highest BCUT2D eigenvalue weighted by molar-refractivity contribution is 7.22. The number of rotatable bonds is 8. The highest BCUT2D eigenvalue weighted by Crippen LogP contribution is 2.49. The molecule has 40 heavy (non-hydrogen) atoms. The van der Waals surface area contributed by atoms with Gasteiger partial charge in [-0.25, -0.2) is 14.2 Å². The van der Waals surface area contributed by atoms with Gasteiger partial charge >= 0.3 is 5.97 Å². The Kier molecular flexibility index (Phi) is 5.74. The summed E-state index contributed by atoms with van der Waals surface area (Å²) in [7, 11) is 0. The molecule has 4 heterocycles. The van der Waals surface area contributed by atoms with Gasteiger partial charge in [0.05, 0.1) is 23.0 Å². The molecule has 2 bridgehead atoms. The average Bonchev–Trinajstić information content (AvgIpc) is 3.87. The number of hydrogen-bond donors (Lipinski definition) is 1. The molecule has 2 atom stereocenters. The van der Waals surface area contributed by atoms with Crippen LogP contribution in [0.4, 0.5) is 9.52 Å². The maximum absolute atomic E-state index is 14.6. The van der Waals surface area contributed by atoms with Crippen molar-refractivity contribution in [1.82, 2.24) is 10.1 Å². The topological polar surface area (TPSA) is 88.7 Å². The second-order valence-electron chi connectivity index (χ2n) is 11.8. The number of nitrogens with zero attached hydrogens (tertiary/aromatic N) is 3. The number of ether oxygens (including phenoxy) is 1. The number of piperidine rings is 1. The summed E-state index contributed by atoms with van der Waals surface area (Å²) in [5, 5.41) is 14.7. The number of carboxylic acids is 1. The van der Waals surface area contributed by atoms with Gasteiger partial charge in [0.25, 0.3) is 0 Å². The van der Waals surface area contributed by atoms with Gasteiger partial charge in [0.2, 0.25) is 0 Å². The van der Waals surface area contributed by atoms with Gasteiger partial charge < -0.3 is 19.3 Å². The van der Waals surface area contributed by atoms with Gasteiger partial charge in [0, 0.05) is 29.1 Å². The minimum Gasteiger partial charge on any atom is -0.478 e. The van der Waals surface area contributed by atoms with E-state index in [4.69, 9.17) is 9.26 Å². The fourth-order valence-electron chi connectivity index (χ4n) is 6.79. The Morgan fingerprint density at radius 1 is 1.07 bits per heavy atom. The van der Waals surface area contributed by atoms with Crippen LogP contribution in [0.1, 0.15) is 90.4 Å². The summed E-state index contributed by atoms with van der Waals surface area (Å²) in [6.07, 6.45) is 8.73. The Bertz CT molecular complexity index is 1610. The number of aromatic carboxylic acids is 1. The Hall–Kier alpha value is -3.30. The number of carboxylic acid groups (broad SMARTS) is 1. The van der Waals surface area contributed by atoms with E-state index in [1.807, 2.05) is 0 Å². The van der Waals surface area contributed by atoms with Crippen molar-refractivity contribution in [2.24, 2.45) is 0 Å². The first kappa shape index (κ1) is 24.5. The zero-order chi connectivity index (χ0) is 27.0. The predicted octanol–water partition coefficient (Wildman–Crippen LogP) is 7.26. The standard InChI is InChI=1S/C31H30FN3O4S/c32-25-11-18(30(36)37)12-26-28(25)33-31(40-26)35-19-9-10-20(35)14-21(13-19)38-15-24-27(34-39-29(24)17-7-8-17)23-4-2-1-3-22(23)16-5-6-16/h1-4,11-12,16-17,19-21H,5-10,13-15H2,(H,36,37). The number of halogens is 1. The minimum absolute atomic E-state index is 0.0475. The molecule has 4 aliphatic rings. The van der Waals surface area contributed by atoms with Crippen molar-refractivity contribution in [1.29, 1.82) is 0 Å². The van der Waals surface area contributed by atoms with Crippen molar-refractivity contribution in [3.05, 3.63) is 64.7 Å². The van der Waals surface area contributed by atoms with Crippen molar-refractivity contribution in [2.45, 2.75) is 88.0 Å². The van der Waals surface area contributed by atoms with Crippen molar-refractivity contribution in [3.8, 4) is 11.3 Å². The van der Waals surface area contributed by atoms with Crippen molar-refractivity contribution in [3.63, 3.8) is 0 Å². The van der Waals surface area contributed by atoms with Crippen LogP contribution in [0.25, 0.3) is 21.5 Å². The summed E-state index contributed by atoms with van der Waals surface area (Å²) in [6, 6.07) is 11.7. The monoisotopic (exact) mass is 559 g/mol. The molecule has 206 valence electrons. The third-order valence-corrected chi connectivity index (χ3v) is 10.1. The lowest BCUT2D eigenvalue weighted by Crippen LogP contribution is -2.45. The van der Waals surface area contributed by atoms with E-state index in [2.05, 4.69) is 39.3 Å². The molecule has 0 spiro atoms. The maximum Gasteiger partial charge on any atom is 0.335 e. The van der Waals surface area contributed by atoms with Crippen molar-refractivity contribution >= 4 is 32.7 Å². The lowest BCUT2D eigenvalue weighted by molar-refractivity contribution is 0.0147. The van der Waals surface area contributed by atoms with Gasteiger partial charge in [-0.05, 0) is 75.0 Å². The Labute approximate surface area is 234 Å². The molecule has 9 heteroatoms. The first-order valence-electron chi connectivity index (χ1n) is 14.3. The van der Waals surface area contributed by atoms with E-state index in [0.717, 1.165) is 66.7 Å². The lowest BCUT2D eigenvalue weighted by atomic mass is 9.97. The van der Waals surface area contributed by atoms with Crippen molar-refractivity contribution < 1.29 is 23.6 Å². The number of aromatic nitrogens is 2. The van der Waals surface area contributed by atoms with Gasteiger partial charge in [0.15, 0.2) is 10.9 Å². The highest BCUT2D eigenvalue weighted by atomic mass is 32.1. The molecule has 0 amide bonds. The Morgan fingerprint density at radius 2 is 1.82 bits per heavy atom. The zero-order valence-electron chi connectivity index (χ0n) is 22.0. The molecule has 2 saturated carbocycles. The number of anilines is 1.